The number of carbonyl (C=O) groups is 1. The fraction of sp³-hybridized carbons (Fsp3) is 0.381. The molecule has 1 heterocycles. The summed E-state index contributed by atoms with van der Waals surface area (Å²) in [5, 5.41) is 2.93. The third-order valence-electron chi connectivity index (χ3n) is 4.80. The van der Waals surface area contributed by atoms with Crippen molar-refractivity contribution in [2.75, 3.05) is 37.7 Å². The fourth-order valence-corrected chi connectivity index (χ4v) is 4.45. The second-order valence-electron chi connectivity index (χ2n) is 6.95. The van der Waals surface area contributed by atoms with Crippen molar-refractivity contribution in [1.82, 2.24) is 10.2 Å². The lowest BCUT2D eigenvalue weighted by molar-refractivity contribution is -0.126. The first-order valence-electron chi connectivity index (χ1n) is 9.41. The number of hydrogen-bond acceptors (Lipinski definition) is 5. The van der Waals surface area contributed by atoms with Crippen LogP contribution in [0.15, 0.2) is 54.6 Å². The molecule has 1 aliphatic rings. The Morgan fingerprint density at radius 1 is 1.07 bits per heavy atom. The van der Waals surface area contributed by atoms with Crippen LogP contribution in [0.25, 0.3) is 0 Å². The normalized spacial score (nSPS) is 17.6. The van der Waals surface area contributed by atoms with Crippen LogP contribution in [-0.2, 0) is 14.6 Å². The summed E-state index contributed by atoms with van der Waals surface area (Å²) in [5.74, 6) is 0.791. The van der Waals surface area contributed by atoms with Crippen LogP contribution in [0.3, 0.4) is 0 Å². The number of benzene rings is 2. The van der Waals surface area contributed by atoms with Crippen LogP contribution in [0.5, 0.6) is 5.75 Å². The van der Waals surface area contributed by atoms with E-state index in [1.54, 1.807) is 0 Å². The highest BCUT2D eigenvalue weighted by atomic mass is 32.2. The van der Waals surface area contributed by atoms with Crippen molar-refractivity contribution < 1.29 is 17.9 Å². The molecule has 0 bridgehead atoms. The molecule has 6 nitrogen and oxygen atoms in total. The highest BCUT2D eigenvalue weighted by molar-refractivity contribution is 7.91. The quantitative estimate of drug-likeness (QED) is 0.717. The van der Waals surface area contributed by atoms with Crippen LogP contribution in [0.1, 0.15) is 17.2 Å². The molecule has 0 saturated carbocycles. The minimum absolute atomic E-state index is 0.0835. The third-order valence-corrected chi connectivity index (χ3v) is 6.41. The Balaban J connectivity index is 1.59. The molecular formula is C21H26N2O4S. The van der Waals surface area contributed by atoms with Crippen LogP contribution in [0, 0.1) is 6.92 Å². The van der Waals surface area contributed by atoms with Crippen molar-refractivity contribution in [1.29, 1.82) is 0 Å². The number of nitrogens with one attached hydrogen (secondary N) is 1. The molecule has 1 saturated heterocycles. The summed E-state index contributed by atoms with van der Waals surface area (Å²) in [5.41, 5.74) is 2.02. The second kappa shape index (κ2) is 9.21. The Kier molecular flexibility index (Phi) is 6.70. The molecule has 2 aromatic carbocycles. The SMILES string of the molecule is Cc1ccc(OCCNC(=O)C(c2ccccc2)N2CCS(=O)(=O)CC2)cc1. The lowest BCUT2D eigenvalue weighted by Gasteiger charge is -2.33. The number of nitrogens with zero attached hydrogens (tertiary/aromatic N) is 1. The second-order valence-corrected chi connectivity index (χ2v) is 9.26. The standard InChI is InChI=1S/C21H26N2O4S/c1-17-7-9-19(10-8-17)27-14-11-22-21(24)20(18-5-3-2-4-6-18)23-12-15-28(25,26)16-13-23/h2-10,20H,11-16H2,1H3,(H,22,24). The topological polar surface area (TPSA) is 75.7 Å². The maximum atomic E-state index is 12.9. The Morgan fingerprint density at radius 2 is 1.71 bits per heavy atom. The predicted octanol–water partition coefficient (Wildman–Crippen LogP) is 1.96. The van der Waals surface area contributed by atoms with Gasteiger partial charge >= 0.3 is 0 Å². The molecule has 0 aromatic heterocycles. The predicted molar refractivity (Wildman–Crippen MR) is 109 cm³/mol. The van der Waals surface area contributed by atoms with Crippen molar-refractivity contribution >= 4 is 15.7 Å². The van der Waals surface area contributed by atoms with Gasteiger partial charge in [0.1, 0.15) is 18.4 Å². The van der Waals surface area contributed by atoms with Crippen molar-refractivity contribution in [2.45, 2.75) is 13.0 Å². The molecule has 7 heteroatoms. The van der Waals surface area contributed by atoms with E-state index >= 15 is 0 Å². The molecule has 0 radical (unpaired) electrons. The highest BCUT2D eigenvalue weighted by Crippen LogP contribution is 2.23. The summed E-state index contributed by atoms with van der Waals surface area (Å²) < 4.78 is 29.2. The molecule has 1 fully saturated rings. The van der Waals surface area contributed by atoms with Gasteiger partial charge in [-0.3, -0.25) is 9.69 Å². The molecule has 0 aliphatic carbocycles. The van der Waals surface area contributed by atoms with Gasteiger partial charge in [0.15, 0.2) is 9.84 Å². The minimum Gasteiger partial charge on any atom is -0.492 e. The Bertz CT molecular complexity index is 868. The van der Waals surface area contributed by atoms with Gasteiger partial charge in [0, 0.05) is 13.1 Å². The van der Waals surface area contributed by atoms with Crippen LogP contribution < -0.4 is 10.1 Å². The lowest BCUT2D eigenvalue weighted by Crippen LogP contribution is -2.48. The van der Waals surface area contributed by atoms with Crippen molar-refractivity contribution in [3.05, 3.63) is 65.7 Å². The van der Waals surface area contributed by atoms with Crippen LogP contribution >= 0.6 is 0 Å². The Labute approximate surface area is 166 Å². The monoisotopic (exact) mass is 402 g/mol. The maximum absolute atomic E-state index is 12.9. The number of amides is 1. The van der Waals surface area contributed by atoms with Crippen molar-refractivity contribution in [3.63, 3.8) is 0 Å². The molecule has 1 atom stereocenters. The molecule has 1 amide bonds. The van der Waals surface area contributed by atoms with E-state index < -0.39 is 15.9 Å². The summed E-state index contributed by atoms with van der Waals surface area (Å²) in [4.78, 5) is 14.8. The first kappa shape index (κ1) is 20.4. The van der Waals surface area contributed by atoms with Gasteiger partial charge in [-0.05, 0) is 24.6 Å². The molecule has 150 valence electrons. The first-order chi connectivity index (χ1) is 13.4. The molecule has 1 unspecified atom stereocenters. The molecular weight excluding hydrogens is 376 g/mol. The molecule has 1 aliphatic heterocycles. The number of ether oxygens (including phenoxy) is 1. The van der Waals surface area contributed by atoms with E-state index in [1.165, 1.54) is 0 Å². The number of hydrogen-bond donors (Lipinski definition) is 1. The van der Waals surface area contributed by atoms with Gasteiger partial charge in [-0.25, -0.2) is 8.42 Å². The van der Waals surface area contributed by atoms with Crippen molar-refractivity contribution in [2.24, 2.45) is 0 Å². The lowest BCUT2D eigenvalue weighted by atomic mass is 10.0. The largest absolute Gasteiger partial charge is 0.492 e. The van der Waals surface area contributed by atoms with Crippen molar-refractivity contribution in [3.8, 4) is 5.75 Å². The summed E-state index contributed by atoms with van der Waals surface area (Å²) in [7, 11) is -3.01. The Hall–Kier alpha value is -2.38. The average Bonchev–Trinajstić information content (AvgIpc) is 2.69. The average molecular weight is 403 g/mol. The van der Waals surface area contributed by atoms with E-state index in [2.05, 4.69) is 5.32 Å². The summed E-state index contributed by atoms with van der Waals surface area (Å²) >= 11 is 0. The number of sulfone groups is 1. The van der Waals surface area contributed by atoms with E-state index in [0.29, 0.717) is 26.2 Å². The zero-order valence-corrected chi connectivity index (χ0v) is 16.8. The van der Waals surface area contributed by atoms with E-state index in [0.717, 1.165) is 16.9 Å². The van der Waals surface area contributed by atoms with Gasteiger partial charge in [-0.15, -0.1) is 0 Å². The highest BCUT2D eigenvalue weighted by Gasteiger charge is 2.32. The van der Waals surface area contributed by atoms with E-state index in [9.17, 15) is 13.2 Å². The van der Waals surface area contributed by atoms with Gasteiger partial charge in [0.2, 0.25) is 5.91 Å². The van der Waals surface area contributed by atoms with Crippen LogP contribution in [0.4, 0.5) is 0 Å². The zero-order chi connectivity index (χ0) is 20.0. The maximum Gasteiger partial charge on any atom is 0.242 e. The van der Waals surface area contributed by atoms with Crippen LogP contribution in [0.2, 0.25) is 0 Å². The number of aryl methyl sites for hydroxylation is 1. The third kappa shape index (κ3) is 5.56. The fourth-order valence-electron chi connectivity index (χ4n) is 3.22. The summed E-state index contributed by atoms with van der Waals surface area (Å²) in [6, 6.07) is 16.7. The first-order valence-corrected chi connectivity index (χ1v) is 11.2. The van der Waals surface area contributed by atoms with E-state index in [-0.39, 0.29) is 17.4 Å². The molecule has 3 rings (SSSR count). The summed E-state index contributed by atoms with van der Waals surface area (Å²) in [6.45, 7) is 3.47. The van der Waals surface area contributed by atoms with Gasteiger partial charge in [-0.2, -0.15) is 0 Å². The Morgan fingerprint density at radius 3 is 2.36 bits per heavy atom. The van der Waals surface area contributed by atoms with Gasteiger partial charge in [-0.1, -0.05) is 48.0 Å². The summed E-state index contributed by atoms with van der Waals surface area (Å²) in [6.07, 6.45) is 0. The van der Waals surface area contributed by atoms with Crippen LogP contribution in [-0.4, -0.2) is 57.0 Å². The molecule has 0 spiro atoms. The molecule has 1 N–H and O–H groups in total. The number of carbonyl (C=O) groups excluding carboxylic acids is 1. The molecule has 28 heavy (non-hydrogen) atoms. The van der Waals surface area contributed by atoms with E-state index in [1.807, 2.05) is 66.4 Å². The van der Waals surface area contributed by atoms with Gasteiger partial charge in [0.05, 0.1) is 18.1 Å². The zero-order valence-electron chi connectivity index (χ0n) is 16.0. The molecule has 2 aromatic rings. The smallest absolute Gasteiger partial charge is 0.242 e. The minimum atomic E-state index is -3.01. The number of rotatable bonds is 7. The van der Waals surface area contributed by atoms with Gasteiger partial charge < -0.3 is 10.1 Å². The van der Waals surface area contributed by atoms with Gasteiger partial charge in [0.25, 0.3) is 0 Å². The van der Waals surface area contributed by atoms with E-state index in [4.69, 9.17) is 4.74 Å².